The molecule has 4 rings (SSSR count). The van der Waals surface area contributed by atoms with E-state index in [1.54, 1.807) is 30.3 Å². The molecule has 0 saturated heterocycles. The molecule has 0 radical (unpaired) electrons. The van der Waals surface area contributed by atoms with Crippen LogP contribution in [0.15, 0.2) is 64.5 Å². The molecule has 0 aliphatic carbocycles. The zero-order valence-corrected chi connectivity index (χ0v) is 21.1. The lowest BCUT2D eigenvalue weighted by molar-refractivity contribution is -0.137. The van der Waals surface area contributed by atoms with Crippen molar-refractivity contribution >= 4 is 51.3 Å². The molecule has 35 heavy (non-hydrogen) atoms. The van der Waals surface area contributed by atoms with E-state index in [0.29, 0.717) is 28.0 Å². The molecule has 0 saturated carbocycles. The lowest BCUT2D eigenvalue weighted by Gasteiger charge is -2.13. The van der Waals surface area contributed by atoms with E-state index in [2.05, 4.69) is 32.7 Å². The molecule has 0 aliphatic heterocycles. The van der Waals surface area contributed by atoms with Crippen molar-refractivity contribution in [2.24, 2.45) is 5.10 Å². The Bertz CT molecular complexity index is 1520. The zero-order valence-electron chi connectivity index (χ0n) is 18.2. The van der Waals surface area contributed by atoms with Crippen LogP contribution in [0.1, 0.15) is 11.1 Å². The van der Waals surface area contributed by atoms with Gasteiger partial charge in [-0.05, 0) is 76.7 Å². The smallest absolute Gasteiger partial charge is 0.417 e. The van der Waals surface area contributed by atoms with Crippen molar-refractivity contribution in [3.8, 4) is 22.9 Å². The maximum atomic E-state index is 13.4. The molecule has 180 valence electrons. The van der Waals surface area contributed by atoms with Gasteiger partial charge < -0.3 is 9.47 Å². The molecule has 0 spiro atoms. The lowest BCUT2D eigenvalue weighted by Crippen LogP contribution is -2.20. The average molecular weight is 614 g/mol. The van der Waals surface area contributed by atoms with Gasteiger partial charge in [-0.2, -0.15) is 22.9 Å². The molecule has 0 bridgehead atoms. The fourth-order valence-corrected chi connectivity index (χ4v) is 4.10. The second kappa shape index (κ2) is 9.86. The minimum Gasteiger partial charge on any atom is -0.493 e. The summed E-state index contributed by atoms with van der Waals surface area (Å²) >= 11 is 7.78. The van der Waals surface area contributed by atoms with E-state index in [1.807, 2.05) is 6.07 Å². The number of rotatable bonds is 5. The van der Waals surface area contributed by atoms with Crippen LogP contribution in [0.4, 0.5) is 13.2 Å². The predicted octanol–water partition coefficient (Wildman–Crippen LogP) is 6.24. The van der Waals surface area contributed by atoms with E-state index in [4.69, 9.17) is 21.1 Å². The van der Waals surface area contributed by atoms with Gasteiger partial charge in [0, 0.05) is 9.13 Å². The maximum absolute atomic E-state index is 13.4. The Balaban J connectivity index is 1.93. The van der Waals surface area contributed by atoms with E-state index in [1.165, 1.54) is 20.3 Å². The summed E-state index contributed by atoms with van der Waals surface area (Å²) < 4.78 is 52.3. The summed E-state index contributed by atoms with van der Waals surface area (Å²) in [6.45, 7) is 0. The van der Waals surface area contributed by atoms with Crippen LogP contribution >= 0.6 is 34.2 Å². The Labute approximate surface area is 216 Å². The Morgan fingerprint density at radius 1 is 1.03 bits per heavy atom. The van der Waals surface area contributed by atoms with Crippen LogP contribution in [-0.4, -0.2) is 30.1 Å². The highest BCUT2D eigenvalue weighted by atomic mass is 127. The van der Waals surface area contributed by atoms with Gasteiger partial charge in [-0.1, -0.05) is 17.7 Å². The molecule has 1 aromatic heterocycles. The molecule has 0 amide bonds. The Kier molecular flexibility index (Phi) is 7.04. The SMILES string of the molecule is COc1ccc(-c2nc3ccc(I)cc3c(=O)n2N=Cc2ccc(Cl)c(C(F)(F)F)c2)cc1OC. The number of benzene rings is 3. The van der Waals surface area contributed by atoms with Crippen molar-refractivity contribution in [3.63, 3.8) is 0 Å². The van der Waals surface area contributed by atoms with Gasteiger partial charge in [0.1, 0.15) is 0 Å². The zero-order chi connectivity index (χ0) is 25.3. The molecule has 6 nitrogen and oxygen atoms in total. The van der Waals surface area contributed by atoms with Crippen molar-refractivity contribution in [3.05, 3.63) is 84.7 Å². The quantitative estimate of drug-likeness (QED) is 0.198. The number of fused-ring (bicyclic) bond motifs is 1. The Hall–Kier alpha value is -3.12. The highest BCUT2D eigenvalue weighted by Gasteiger charge is 2.33. The van der Waals surface area contributed by atoms with Gasteiger partial charge in [-0.25, -0.2) is 4.98 Å². The summed E-state index contributed by atoms with van der Waals surface area (Å²) in [5.74, 6) is 1.06. The van der Waals surface area contributed by atoms with Crippen LogP contribution in [-0.2, 0) is 6.18 Å². The summed E-state index contributed by atoms with van der Waals surface area (Å²) in [6, 6.07) is 13.5. The number of hydrogen-bond donors (Lipinski definition) is 0. The highest BCUT2D eigenvalue weighted by Crippen LogP contribution is 2.35. The Morgan fingerprint density at radius 3 is 2.46 bits per heavy atom. The highest BCUT2D eigenvalue weighted by molar-refractivity contribution is 14.1. The van der Waals surface area contributed by atoms with Gasteiger partial charge in [0.15, 0.2) is 17.3 Å². The van der Waals surface area contributed by atoms with Crippen LogP contribution in [0.3, 0.4) is 0 Å². The second-order valence-electron chi connectivity index (χ2n) is 7.27. The summed E-state index contributed by atoms with van der Waals surface area (Å²) in [7, 11) is 2.97. The van der Waals surface area contributed by atoms with Gasteiger partial charge >= 0.3 is 6.18 Å². The lowest BCUT2D eigenvalue weighted by atomic mass is 10.1. The largest absolute Gasteiger partial charge is 0.493 e. The van der Waals surface area contributed by atoms with E-state index in [0.717, 1.165) is 26.6 Å². The van der Waals surface area contributed by atoms with Crippen LogP contribution in [0.25, 0.3) is 22.3 Å². The van der Waals surface area contributed by atoms with E-state index < -0.39 is 22.3 Å². The fraction of sp³-hybridized carbons (Fsp3) is 0.125. The normalized spacial score (nSPS) is 11.9. The first-order valence-corrected chi connectivity index (χ1v) is 11.4. The first kappa shape index (κ1) is 25.0. The van der Waals surface area contributed by atoms with Gasteiger partial charge in [0.05, 0.1) is 41.9 Å². The number of halogens is 5. The van der Waals surface area contributed by atoms with Crippen molar-refractivity contribution in [1.29, 1.82) is 0 Å². The summed E-state index contributed by atoms with van der Waals surface area (Å²) in [4.78, 5) is 18.0. The molecule has 0 atom stereocenters. The van der Waals surface area contributed by atoms with Crippen LogP contribution in [0, 0.1) is 3.57 Å². The summed E-state index contributed by atoms with van der Waals surface area (Å²) in [5.41, 5.74) is -0.446. The number of aromatic nitrogens is 2. The monoisotopic (exact) mass is 613 g/mol. The molecule has 11 heteroatoms. The molecule has 0 N–H and O–H groups in total. The van der Waals surface area contributed by atoms with Crippen molar-refractivity contribution in [2.45, 2.75) is 6.18 Å². The van der Waals surface area contributed by atoms with Crippen molar-refractivity contribution < 1.29 is 22.6 Å². The molecule has 0 fully saturated rings. The van der Waals surface area contributed by atoms with Gasteiger partial charge in [-0.3, -0.25) is 4.79 Å². The maximum Gasteiger partial charge on any atom is 0.417 e. The fourth-order valence-electron chi connectivity index (χ4n) is 3.38. The first-order valence-electron chi connectivity index (χ1n) is 9.98. The van der Waals surface area contributed by atoms with Gasteiger partial charge in [-0.15, -0.1) is 0 Å². The second-order valence-corrected chi connectivity index (χ2v) is 8.92. The van der Waals surface area contributed by atoms with Crippen LogP contribution in [0.2, 0.25) is 5.02 Å². The molecule has 1 heterocycles. The third-order valence-electron chi connectivity index (χ3n) is 5.07. The van der Waals surface area contributed by atoms with Crippen LogP contribution in [0.5, 0.6) is 11.5 Å². The third kappa shape index (κ3) is 5.13. The van der Waals surface area contributed by atoms with E-state index in [-0.39, 0.29) is 11.4 Å². The van der Waals surface area contributed by atoms with E-state index in [9.17, 15) is 18.0 Å². The molecular formula is C24H16ClF3IN3O3. The number of hydrogen-bond acceptors (Lipinski definition) is 5. The Morgan fingerprint density at radius 2 is 1.77 bits per heavy atom. The standard InChI is InChI=1S/C24H16ClF3IN3O3/c1-34-20-8-4-14(10-21(20)35-2)22-31-19-7-5-15(29)11-16(19)23(33)32(22)30-12-13-3-6-18(25)17(9-13)24(26,27)28/h3-12H,1-2H3. The molecule has 0 aliphatic rings. The number of alkyl halides is 3. The van der Waals surface area contributed by atoms with Gasteiger partial charge in [0.2, 0.25) is 0 Å². The summed E-state index contributed by atoms with van der Waals surface area (Å²) in [6.07, 6.45) is -3.48. The van der Waals surface area contributed by atoms with Gasteiger partial charge in [0.25, 0.3) is 5.56 Å². The first-order chi connectivity index (χ1) is 16.6. The molecule has 4 aromatic rings. The number of nitrogens with zero attached hydrogens (tertiary/aromatic N) is 3. The third-order valence-corrected chi connectivity index (χ3v) is 6.07. The topological polar surface area (TPSA) is 65.7 Å². The minimum absolute atomic E-state index is 0.106. The number of ether oxygens (including phenoxy) is 2. The molecule has 3 aromatic carbocycles. The minimum atomic E-state index is -4.64. The molecular weight excluding hydrogens is 598 g/mol. The van der Waals surface area contributed by atoms with Crippen molar-refractivity contribution in [1.82, 2.24) is 9.66 Å². The molecule has 0 unspecified atom stereocenters. The van der Waals surface area contributed by atoms with Crippen molar-refractivity contribution in [2.75, 3.05) is 14.2 Å². The van der Waals surface area contributed by atoms with E-state index >= 15 is 0 Å². The average Bonchev–Trinajstić information content (AvgIpc) is 2.83. The predicted molar refractivity (Wildman–Crippen MR) is 137 cm³/mol. The van der Waals surface area contributed by atoms with Crippen LogP contribution < -0.4 is 15.0 Å². The number of methoxy groups -OCH3 is 2. The summed E-state index contributed by atoms with van der Waals surface area (Å²) in [5, 5.41) is 4.09.